The number of aliphatic hydroxyl groups is 3. The number of aliphatic hydroxyl groups excluding tert-OH is 3. The van der Waals surface area contributed by atoms with E-state index < -0.39 is 0 Å². The van der Waals surface area contributed by atoms with Crippen LogP contribution in [0.1, 0.15) is 287 Å². The molecule has 0 aliphatic heterocycles. The van der Waals surface area contributed by atoms with Crippen molar-refractivity contribution in [2.24, 2.45) is 58.2 Å². The van der Waals surface area contributed by atoms with Crippen LogP contribution >= 0.6 is 0 Å². The molecule has 0 bridgehead atoms. The Balaban J connectivity index is 0.000000145. The molecule has 3 N–H and O–H groups in total. The molecule has 78 heavy (non-hydrogen) atoms. The summed E-state index contributed by atoms with van der Waals surface area (Å²) < 4.78 is 0. The molecule has 0 amide bonds. The van der Waals surface area contributed by atoms with Crippen LogP contribution in [-0.2, 0) is 9.59 Å². The fourth-order valence-electron chi connectivity index (χ4n) is 19.9. The second-order valence-electron chi connectivity index (χ2n) is 27.9. The Labute approximate surface area is 478 Å². The average Bonchev–Trinajstić information content (AvgIpc) is 4.07. The zero-order chi connectivity index (χ0) is 52.3. The zero-order valence-electron chi connectivity index (χ0n) is 47.7. The molecule has 0 aromatic carbocycles. The normalized spacial score (nSPS) is 38.2. The van der Waals surface area contributed by atoms with E-state index in [1.165, 1.54) is 179 Å². The van der Waals surface area contributed by atoms with Crippen LogP contribution in [0.5, 0.6) is 0 Å². The van der Waals surface area contributed by atoms with Crippen molar-refractivity contribution in [3.05, 3.63) is 81.0 Å². The Hall–Kier alpha value is -2.60. The van der Waals surface area contributed by atoms with Crippen molar-refractivity contribution in [2.45, 2.75) is 305 Å². The topological polar surface area (TPSA) is 94.8 Å². The molecule has 0 radical (unpaired) electrons. The second kappa shape index (κ2) is 28.1. The number of carbonyl (C=O) groups is 2. The molecule has 0 saturated heterocycles. The van der Waals surface area contributed by atoms with Gasteiger partial charge >= 0.3 is 0 Å². The fraction of sp³-hybridized carbons (Fsp3) is 0.781. The van der Waals surface area contributed by atoms with Crippen LogP contribution in [0.3, 0.4) is 0 Å². The third-order valence-electron chi connectivity index (χ3n) is 24.0. The summed E-state index contributed by atoms with van der Waals surface area (Å²) >= 11 is 0. The molecular formula is C73H116O5. The number of ketones is 2. The molecule has 14 rings (SSSR count). The van der Waals surface area contributed by atoms with Gasteiger partial charge in [-0.3, -0.25) is 9.59 Å². The summed E-state index contributed by atoms with van der Waals surface area (Å²) in [6, 6.07) is 0. The Bertz CT molecular complexity index is 2220. The van der Waals surface area contributed by atoms with Gasteiger partial charge in [-0.2, -0.15) is 0 Å². The average molecular weight is 1070 g/mol. The number of Topliss-reactive ketones (excluding diaryl/α,β-unsaturated/α-hetero) is 2. The Morgan fingerprint density at radius 3 is 1.24 bits per heavy atom. The maximum Gasteiger partial charge on any atom is 0.137 e. The van der Waals surface area contributed by atoms with E-state index in [0.29, 0.717) is 22.4 Å². The monoisotopic (exact) mass is 1070 g/mol. The summed E-state index contributed by atoms with van der Waals surface area (Å²) in [6.07, 6.45) is 51.5. The zero-order valence-corrected chi connectivity index (χ0v) is 47.7. The predicted octanol–water partition coefficient (Wildman–Crippen LogP) is 19.3. The highest BCUT2D eigenvalue weighted by Gasteiger charge is 2.56. The third-order valence-corrected chi connectivity index (χ3v) is 24.0. The van der Waals surface area contributed by atoms with Gasteiger partial charge in [0, 0.05) is 25.7 Å². The molecule has 5 nitrogen and oxygen atoms in total. The molecule has 4 fully saturated rings. The van der Waals surface area contributed by atoms with Crippen molar-refractivity contribution in [3.8, 4) is 0 Å². The minimum absolute atomic E-state index is 0. The molecule has 14 aliphatic carbocycles. The fourth-order valence-corrected chi connectivity index (χ4v) is 19.9. The first-order chi connectivity index (χ1) is 36.3. The summed E-state index contributed by atoms with van der Waals surface area (Å²) in [5.41, 5.74) is 17.4. The predicted molar refractivity (Wildman–Crippen MR) is 328 cm³/mol. The van der Waals surface area contributed by atoms with Crippen LogP contribution in [-0.4, -0.2) is 45.2 Å². The van der Waals surface area contributed by atoms with E-state index in [1.807, 2.05) is 0 Å². The van der Waals surface area contributed by atoms with Crippen molar-refractivity contribution in [1.82, 2.24) is 0 Å². The quantitative estimate of drug-likeness (QED) is 0.240. The minimum Gasteiger partial charge on any atom is -0.393 e. The lowest BCUT2D eigenvalue weighted by Gasteiger charge is -2.52. The summed E-state index contributed by atoms with van der Waals surface area (Å²) in [5, 5.41) is 28.8. The van der Waals surface area contributed by atoms with Gasteiger partial charge in [0.1, 0.15) is 11.6 Å². The van der Waals surface area contributed by atoms with Crippen molar-refractivity contribution >= 4 is 11.6 Å². The smallest absolute Gasteiger partial charge is 0.137 e. The van der Waals surface area contributed by atoms with Gasteiger partial charge in [0.25, 0.3) is 0 Å². The van der Waals surface area contributed by atoms with E-state index in [9.17, 15) is 24.9 Å². The van der Waals surface area contributed by atoms with E-state index in [1.54, 1.807) is 50.2 Å². The van der Waals surface area contributed by atoms with E-state index in [2.05, 4.69) is 39.2 Å². The van der Waals surface area contributed by atoms with Gasteiger partial charge in [0.05, 0.1) is 18.3 Å². The maximum absolute atomic E-state index is 11.7. The van der Waals surface area contributed by atoms with Crippen molar-refractivity contribution < 1.29 is 24.9 Å². The van der Waals surface area contributed by atoms with Gasteiger partial charge in [-0.05, 0) is 283 Å². The number of allylic oxidation sites excluding steroid dienone is 9. The second-order valence-corrected chi connectivity index (χ2v) is 27.9. The standard InChI is InChI=1S/C20H30O.C20H28O.2C10H16O.C10H14O.3CH4/c2*1-3-14-5-9-19-18-7-4-13-12-15(21)6-8-16(13)17(18)10-11-20(14,19)2;3*11-10-6-5-8-3-1-2-4-9(8)7-10;;;/h3,14-15,17-19,21H,1,4-12H2,2H3;3,14,17-19H,1,4-12H2,2H3;2*10-11H,1-7H2;1-7H2;3*1H4/t14-,15-,17?,18?,19?,20+;14-,17?,18?,19?,20+;2*10-;;;;/m0000..../s1. The van der Waals surface area contributed by atoms with Gasteiger partial charge in [-0.25, -0.2) is 0 Å². The molecule has 0 aromatic heterocycles. The molecule has 0 aromatic rings. The molecule has 6 unspecified atom stereocenters. The van der Waals surface area contributed by atoms with Crippen LogP contribution in [0.2, 0.25) is 0 Å². The van der Waals surface area contributed by atoms with Crippen molar-refractivity contribution in [2.75, 3.05) is 0 Å². The van der Waals surface area contributed by atoms with Crippen molar-refractivity contribution in [3.63, 3.8) is 0 Å². The maximum atomic E-state index is 11.7. The highest BCUT2D eigenvalue weighted by molar-refractivity contribution is 5.83. The molecule has 13 atom stereocenters. The lowest BCUT2D eigenvalue weighted by Crippen LogP contribution is -2.43. The van der Waals surface area contributed by atoms with Gasteiger partial charge in [0.2, 0.25) is 0 Å². The number of rotatable bonds is 2. The lowest BCUT2D eigenvalue weighted by atomic mass is 9.53. The molecule has 0 heterocycles. The third kappa shape index (κ3) is 13.7. The summed E-state index contributed by atoms with van der Waals surface area (Å²) in [6.45, 7) is 13.3. The Kier molecular flexibility index (Phi) is 22.7. The van der Waals surface area contributed by atoms with E-state index >= 15 is 0 Å². The molecule has 438 valence electrons. The molecule has 4 saturated carbocycles. The highest BCUT2D eigenvalue weighted by Crippen LogP contribution is 2.65. The summed E-state index contributed by atoms with van der Waals surface area (Å²) in [7, 11) is 0. The van der Waals surface area contributed by atoms with Crippen LogP contribution in [0.4, 0.5) is 0 Å². The first-order valence-electron chi connectivity index (χ1n) is 32.2. The van der Waals surface area contributed by atoms with Gasteiger partial charge in [-0.1, -0.05) is 104 Å². The van der Waals surface area contributed by atoms with Crippen LogP contribution < -0.4 is 0 Å². The Morgan fingerprint density at radius 1 is 0.385 bits per heavy atom. The summed E-state index contributed by atoms with van der Waals surface area (Å²) in [4.78, 5) is 22.8. The van der Waals surface area contributed by atoms with Gasteiger partial charge in [-0.15, -0.1) is 13.2 Å². The number of carbonyl (C=O) groups excluding carboxylic acids is 2. The first kappa shape index (κ1) is 63.0. The van der Waals surface area contributed by atoms with Gasteiger partial charge < -0.3 is 15.3 Å². The number of hydrogen-bond donors (Lipinski definition) is 3. The lowest BCUT2D eigenvalue weighted by molar-refractivity contribution is -0.119. The van der Waals surface area contributed by atoms with Crippen LogP contribution in [0.15, 0.2) is 81.0 Å². The highest BCUT2D eigenvalue weighted by atomic mass is 16.3. The van der Waals surface area contributed by atoms with Crippen molar-refractivity contribution in [1.29, 1.82) is 0 Å². The van der Waals surface area contributed by atoms with E-state index in [-0.39, 0.29) is 40.6 Å². The van der Waals surface area contributed by atoms with E-state index in [4.69, 9.17) is 0 Å². The molecule has 5 heteroatoms. The molecule has 14 aliphatic rings. The Morgan fingerprint density at radius 2 is 0.756 bits per heavy atom. The summed E-state index contributed by atoms with van der Waals surface area (Å²) in [5.74, 6) is 7.81. The molecular weight excluding hydrogens is 957 g/mol. The van der Waals surface area contributed by atoms with Gasteiger partial charge in [0.15, 0.2) is 0 Å². The SMILES string of the molecule is C.C.C.C=C[C@H]1CCC2C3CCC4=C(CCC(=O)C4)C3CC[C@@]21C.C=C[C@H]1CCC2C3CCC4=C(CC[C@H](O)C4)C3CC[C@@]21C.O=C1CCC2=C(CCCC2)C1.O[C@H]1CCC2=C(CCCC2)C1.O[C@H]1CCC2=C(CCCC2)C1. The van der Waals surface area contributed by atoms with Crippen LogP contribution in [0, 0.1) is 58.2 Å². The largest absolute Gasteiger partial charge is 0.393 e. The van der Waals surface area contributed by atoms with Crippen LogP contribution in [0.25, 0.3) is 0 Å². The molecule has 0 spiro atoms. The first-order valence-corrected chi connectivity index (χ1v) is 32.2. The van der Waals surface area contributed by atoms with E-state index in [0.717, 1.165) is 124 Å². The number of fused-ring (bicyclic) bond motifs is 8. The minimum atomic E-state index is -0.0502. The number of hydrogen-bond acceptors (Lipinski definition) is 5.